The van der Waals surface area contributed by atoms with Gasteiger partial charge in [0.2, 0.25) is 0 Å². The number of hydrogen-bond acceptors (Lipinski definition) is 2. The minimum atomic E-state index is -1.16. The first-order valence-corrected chi connectivity index (χ1v) is 4.60. The number of halogens is 1. The van der Waals surface area contributed by atoms with Crippen molar-refractivity contribution in [1.82, 2.24) is 0 Å². The van der Waals surface area contributed by atoms with Crippen molar-refractivity contribution in [3.63, 3.8) is 0 Å². The number of hydrogen-bond donors (Lipinski definition) is 1. The van der Waals surface area contributed by atoms with Crippen LogP contribution >= 0.6 is 0 Å². The van der Waals surface area contributed by atoms with Crippen LogP contribution in [0.2, 0.25) is 0 Å². The monoisotopic (exact) mass is 198 g/mol. The molecule has 2 nitrogen and oxygen atoms in total. The highest BCUT2D eigenvalue weighted by molar-refractivity contribution is 5.31. The second-order valence-electron chi connectivity index (χ2n) is 3.63. The van der Waals surface area contributed by atoms with Gasteiger partial charge in [0, 0.05) is 11.6 Å². The largest absolute Gasteiger partial charge is 0.494 e. The van der Waals surface area contributed by atoms with Crippen LogP contribution < -0.4 is 4.74 Å². The SMILES string of the molecule is CCOc1ccc(C(C)(C)O)c(F)c1. The van der Waals surface area contributed by atoms with Crippen molar-refractivity contribution in [2.75, 3.05) is 6.61 Å². The minimum Gasteiger partial charge on any atom is -0.494 e. The van der Waals surface area contributed by atoms with Gasteiger partial charge in [-0.1, -0.05) is 0 Å². The van der Waals surface area contributed by atoms with Gasteiger partial charge in [-0.2, -0.15) is 0 Å². The quantitative estimate of drug-likeness (QED) is 0.808. The summed E-state index contributed by atoms with van der Waals surface area (Å²) >= 11 is 0. The maximum Gasteiger partial charge on any atom is 0.132 e. The summed E-state index contributed by atoms with van der Waals surface area (Å²) in [6, 6.07) is 4.48. The standard InChI is InChI=1S/C11H15FO2/c1-4-14-8-5-6-9(10(12)7-8)11(2,3)13/h5-7,13H,4H2,1-3H3. The van der Waals surface area contributed by atoms with Crippen LogP contribution in [-0.4, -0.2) is 11.7 Å². The molecule has 0 aromatic heterocycles. The van der Waals surface area contributed by atoms with Crippen LogP contribution in [0.25, 0.3) is 0 Å². The molecule has 0 atom stereocenters. The van der Waals surface area contributed by atoms with E-state index in [0.717, 1.165) is 0 Å². The molecular formula is C11H15FO2. The molecule has 0 spiro atoms. The normalized spacial score (nSPS) is 11.5. The Labute approximate surface area is 83.3 Å². The van der Waals surface area contributed by atoms with E-state index in [1.165, 1.54) is 6.07 Å². The highest BCUT2D eigenvalue weighted by Gasteiger charge is 2.20. The molecule has 0 saturated carbocycles. The predicted molar refractivity (Wildman–Crippen MR) is 52.8 cm³/mol. The van der Waals surface area contributed by atoms with E-state index in [1.54, 1.807) is 26.0 Å². The van der Waals surface area contributed by atoms with E-state index < -0.39 is 11.4 Å². The van der Waals surface area contributed by atoms with E-state index in [1.807, 2.05) is 6.92 Å². The lowest BCUT2D eigenvalue weighted by molar-refractivity contribution is 0.0744. The lowest BCUT2D eigenvalue weighted by Crippen LogP contribution is -2.17. The van der Waals surface area contributed by atoms with E-state index in [-0.39, 0.29) is 5.56 Å². The minimum absolute atomic E-state index is 0.279. The van der Waals surface area contributed by atoms with Gasteiger partial charge in [0.25, 0.3) is 0 Å². The molecule has 14 heavy (non-hydrogen) atoms. The van der Waals surface area contributed by atoms with Gasteiger partial charge in [0.05, 0.1) is 12.2 Å². The number of aliphatic hydroxyl groups is 1. The van der Waals surface area contributed by atoms with Gasteiger partial charge in [0.15, 0.2) is 0 Å². The zero-order chi connectivity index (χ0) is 10.8. The Morgan fingerprint density at radius 3 is 2.50 bits per heavy atom. The first-order valence-electron chi connectivity index (χ1n) is 4.60. The summed E-state index contributed by atoms with van der Waals surface area (Å²) in [5.74, 6) is 0.0430. The van der Waals surface area contributed by atoms with Gasteiger partial charge in [-0.3, -0.25) is 0 Å². The topological polar surface area (TPSA) is 29.5 Å². The van der Waals surface area contributed by atoms with Gasteiger partial charge >= 0.3 is 0 Å². The summed E-state index contributed by atoms with van der Waals surface area (Å²) in [6.07, 6.45) is 0. The lowest BCUT2D eigenvalue weighted by Gasteiger charge is -2.18. The lowest BCUT2D eigenvalue weighted by atomic mass is 9.98. The molecule has 1 N–H and O–H groups in total. The summed E-state index contributed by atoms with van der Waals surface area (Å²) in [7, 11) is 0. The Bertz CT molecular complexity index is 316. The Kier molecular flexibility index (Phi) is 3.11. The molecule has 0 amide bonds. The van der Waals surface area contributed by atoms with Crippen molar-refractivity contribution in [2.45, 2.75) is 26.4 Å². The summed E-state index contributed by atoms with van der Waals surface area (Å²) < 4.78 is 18.6. The molecule has 0 saturated heterocycles. The molecule has 0 aliphatic rings. The predicted octanol–water partition coefficient (Wildman–Crippen LogP) is 2.45. The average Bonchev–Trinajstić information content (AvgIpc) is 2.02. The fourth-order valence-electron chi connectivity index (χ4n) is 1.25. The zero-order valence-corrected chi connectivity index (χ0v) is 8.67. The van der Waals surface area contributed by atoms with Crippen molar-refractivity contribution in [3.8, 4) is 5.75 Å². The fourth-order valence-corrected chi connectivity index (χ4v) is 1.25. The molecule has 1 aromatic rings. The van der Waals surface area contributed by atoms with Crippen LogP contribution in [0.3, 0.4) is 0 Å². The maximum atomic E-state index is 13.4. The van der Waals surface area contributed by atoms with E-state index in [0.29, 0.717) is 12.4 Å². The molecule has 78 valence electrons. The van der Waals surface area contributed by atoms with Crippen molar-refractivity contribution in [2.24, 2.45) is 0 Å². The van der Waals surface area contributed by atoms with Gasteiger partial charge in [-0.05, 0) is 32.9 Å². The molecule has 0 bridgehead atoms. The summed E-state index contributed by atoms with van der Waals surface area (Å²) in [6.45, 7) is 5.43. The zero-order valence-electron chi connectivity index (χ0n) is 8.67. The summed E-state index contributed by atoms with van der Waals surface area (Å²) in [5, 5.41) is 9.61. The van der Waals surface area contributed by atoms with E-state index in [4.69, 9.17) is 4.74 Å². The Morgan fingerprint density at radius 2 is 2.07 bits per heavy atom. The van der Waals surface area contributed by atoms with Crippen molar-refractivity contribution >= 4 is 0 Å². The van der Waals surface area contributed by atoms with Crippen LogP contribution in [0.5, 0.6) is 5.75 Å². The number of rotatable bonds is 3. The molecule has 0 aliphatic heterocycles. The summed E-state index contributed by atoms with van der Waals surface area (Å²) in [4.78, 5) is 0. The average molecular weight is 198 g/mol. The number of benzene rings is 1. The third-order valence-corrected chi connectivity index (χ3v) is 1.91. The van der Waals surface area contributed by atoms with E-state index in [9.17, 15) is 9.50 Å². The molecule has 0 fully saturated rings. The second-order valence-corrected chi connectivity index (χ2v) is 3.63. The first-order chi connectivity index (χ1) is 6.45. The van der Waals surface area contributed by atoms with Gasteiger partial charge in [-0.25, -0.2) is 4.39 Å². The molecule has 0 unspecified atom stereocenters. The maximum absolute atomic E-state index is 13.4. The first kappa shape index (κ1) is 11.0. The van der Waals surface area contributed by atoms with Crippen molar-refractivity contribution < 1.29 is 14.2 Å². The van der Waals surface area contributed by atoms with Crippen LogP contribution in [-0.2, 0) is 5.60 Å². The van der Waals surface area contributed by atoms with Crippen LogP contribution in [0.15, 0.2) is 18.2 Å². The van der Waals surface area contributed by atoms with Gasteiger partial charge in [0.1, 0.15) is 11.6 Å². The highest BCUT2D eigenvalue weighted by atomic mass is 19.1. The van der Waals surface area contributed by atoms with Crippen molar-refractivity contribution in [3.05, 3.63) is 29.6 Å². The molecule has 0 aliphatic carbocycles. The third kappa shape index (κ3) is 2.45. The fraction of sp³-hybridized carbons (Fsp3) is 0.455. The Balaban J connectivity index is 3.02. The van der Waals surface area contributed by atoms with Crippen LogP contribution in [0.4, 0.5) is 4.39 Å². The second kappa shape index (κ2) is 3.96. The third-order valence-electron chi connectivity index (χ3n) is 1.91. The van der Waals surface area contributed by atoms with Gasteiger partial charge in [-0.15, -0.1) is 0 Å². The smallest absolute Gasteiger partial charge is 0.132 e. The van der Waals surface area contributed by atoms with Crippen molar-refractivity contribution in [1.29, 1.82) is 0 Å². The number of ether oxygens (including phenoxy) is 1. The molecule has 3 heteroatoms. The van der Waals surface area contributed by atoms with E-state index in [2.05, 4.69) is 0 Å². The summed E-state index contributed by atoms with van der Waals surface area (Å²) in [5.41, 5.74) is -0.879. The Hall–Kier alpha value is -1.09. The molecular weight excluding hydrogens is 183 g/mol. The van der Waals surface area contributed by atoms with Crippen LogP contribution in [0, 0.1) is 5.82 Å². The Morgan fingerprint density at radius 1 is 1.43 bits per heavy atom. The molecule has 1 aromatic carbocycles. The van der Waals surface area contributed by atoms with Crippen LogP contribution in [0.1, 0.15) is 26.3 Å². The highest BCUT2D eigenvalue weighted by Crippen LogP contribution is 2.25. The molecule has 0 heterocycles. The molecule has 0 radical (unpaired) electrons. The molecule has 1 rings (SSSR count). The van der Waals surface area contributed by atoms with E-state index >= 15 is 0 Å². The van der Waals surface area contributed by atoms with Gasteiger partial charge < -0.3 is 9.84 Å².